The minimum Gasteiger partial charge on any atom is -0.365 e. The first-order valence-electron chi connectivity index (χ1n) is 9.54. The molecule has 3 aromatic heterocycles. The number of nitrogens with two attached hydrogens (primary N) is 1. The number of anilines is 1. The smallest absolute Gasteiger partial charge is 0.365 e. The van der Waals surface area contributed by atoms with E-state index in [2.05, 4.69) is 31.3 Å². The first kappa shape index (κ1) is 22.9. The van der Waals surface area contributed by atoms with Gasteiger partial charge in [-0.1, -0.05) is 30.3 Å². The maximum atomic E-state index is 13.6. The molecule has 2 amide bonds. The molecule has 33 heavy (non-hydrogen) atoms. The van der Waals surface area contributed by atoms with E-state index in [1.165, 1.54) is 4.68 Å². The summed E-state index contributed by atoms with van der Waals surface area (Å²) in [6.45, 7) is 2.36. The zero-order valence-corrected chi connectivity index (χ0v) is 19.3. The van der Waals surface area contributed by atoms with Crippen LogP contribution in [0.5, 0.6) is 0 Å². The lowest BCUT2D eigenvalue weighted by Crippen LogP contribution is -2.18. The third-order valence-electron chi connectivity index (χ3n) is 4.76. The van der Waals surface area contributed by atoms with Crippen LogP contribution < -0.4 is 11.1 Å². The summed E-state index contributed by atoms with van der Waals surface area (Å²) >= 11 is 3.96. The minimum absolute atomic E-state index is 0.00877. The molecule has 4 aromatic rings. The Hall–Kier alpha value is -3.25. The highest BCUT2D eigenvalue weighted by molar-refractivity contribution is 9.10. The van der Waals surface area contributed by atoms with Crippen molar-refractivity contribution in [3.63, 3.8) is 0 Å². The predicted octanol–water partition coefficient (Wildman–Crippen LogP) is 5.31. The molecule has 0 unspecified atom stereocenters. The van der Waals surface area contributed by atoms with E-state index in [0.717, 1.165) is 6.07 Å². The molecule has 0 aliphatic carbocycles. The van der Waals surface area contributed by atoms with Gasteiger partial charge in [0.1, 0.15) is 15.4 Å². The van der Waals surface area contributed by atoms with Gasteiger partial charge in [0.2, 0.25) is 0 Å². The van der Waals surface area contributed by atoms with Crippen LogP contribution in [0.15, 0.2) is 47.1 Å². The molecule has 0 saturated heterocycles. The first-order valence-corrected chi connectivity index (χ1v) is 11.1. The zero-order chi connectivity index (χ0) is 23.9. The fourth-order valence-corrected chi connectivity index (χ4v) is 4.77. The summed E-state index contributed by atoms with van der Waals surface area (Å²) in [5.74, 6) is -1.56. The van der Waals surface area contributed by atoms with Crippen LogP contribution in [0.2, 0.25) is 0 Å². The van der Waals surface area contributed by atoms with E-state index in [0.29, 0.717) is 27.9 Å². The van der Waals surface area contributed by atoms with Crippen molar-refractivity contribution < 1.29 is 22.8 Å². The number of halogens is 4. The average molecular weight is 538 g/mol. The highest BCUT2D eigenvalue weighted by Crippen LogP contribution is 2.43. The van der Waals surface area contributed by atoms with E-state index in [1.54, 1.807) is 36.5 Å². The standard InChI is InChI=1S/C21H15BrF3N5O2S/c1-2-30-9-12(22)15(29-30)19(32)28-16-14-11(10-6-4-3-5-7-10)8-13(21(23,24)25)27-20(14)33-17(16)18(26)31/h3-9H,2H2,1H3,(H2,26,31)(H,28,32). The molecule has 170 valence electrons. The van der Waals surface area contributed by atoms with Crippen LogP contribution in [0.25, 0.3) is 21.3 Å². The van der Waals surface area contributed by atoms with Gasteiger partial charge in [-0.05, 0) is 40.0 Å². The molecule has 0 radical (unpaired) electrons. The molecule has 3 N–H and O–H groups in total. The van der Waals surface area contributed by atoms with E-state index < -0.39 is 23.7 Å². The fraction of sp³-hybridized carbons (Fsp3) is 0.143. The molecular weight excluding hydrogens is 523 g/mol. The second-order valence-electron chi connectivity index (χ2n) is 6.90. The Morgan fingerprint density at radius 1 is 1.24 bits per heavy atom. The molecule has 0 atom stereocenters. The van der Waals surface area contributed by atoms with Crippen LogP contribution in [-0.4, -0.2) is 26.6 Å². The van der Waals surface area contributed by atoms with E-state index in [9.17, 15) is 22.8 Å². The molecule has 4 rings (SSSR count). The van der Waals surface area contributed by atoms with Gasteiger partial charge in [0.25, 0.3) is 11.8 Å². The molecular formula is C21H15BrF3N5O2S. The number of alkyl halides is 3. The van der Waals surface area contributed by atoms with Crippen molar-refractivity contribution in [1.82, 2.24) is 14.8 Å². The predicted molar refractivity (Wildman–Crippen MR) is 122 cm³/mol. The number of hydrogen-bond acceptors (Lipinski definition) is 5. The van der Waals surface area contributed by atoms with E-state index >= 15 is 0 Å². The van der Waals surface area contributed by atoms with Crippen molar-refractivity contribution in [2.24, 2.45) is 5.73 Å². The molecule has 12 heteroatoms. The van der Waals surface area contributed by atoms with Gasteiger partial charge in [0.05, 0.1) is 10.2 Å². The van der Waals surface area contributed by atoms with Crippen LogP contribution in [0.4, 0.5) is 18.9 Å². The second kappa shape index (κ2) is 8.60. The monoisotopic (exact) mass is 537 g/mol. The number of amides is 2. The zero-order valence-electron chi connectivity index (χ0n) is 16.9. The maximum absolute atomic E-state index is 13.6. The van der Waals surface area contributed by atoms with Gasteiger partial charge in [-0.25, -0.2) is 4.98 Å². The molecule has 1 aromatic carbocycles. The number of aromatic nitrogens is 3. The van der Waals surface area contributed by atoms with E-state index in [1.807, 2.05) is 6.92 Å². The Morgan fingerprint density at radius 2 is 1.94 bits per heavy atom. The molecule has 0 fully saturated rings. The van der Waals surface area contributed by atoms with E-state index in [4.69, 9.17) is 5.73 Å². The Kier molecular flexibility index (Phi) is 5.97. The number of carbonyl (C=O) groups is 2. The van der Waals surface area contributed by atoms with Crippen molar-refractivity contribution in [2.45, 2.75) is 19.6 Å². The van der Waals surface area contributed by atoms with Gasteiger partial charge in [-0.15, -0.1) is 11.3 Å². The molecule has 7 nitrogen and oxygen atoms in total. The highest BCUT2D eigenvalue weighted by Gasteiger charge is 2.35. The molecule has 0 saturated carbocycles. The number of hydrogen-bond donors (Lipinski definition) is 2. The lowest BCUT2D eigenvalue weighted by atomic mass is 10.0. The van der Waals surface area contributed by atoms with Crippen LogP contribution in [0, 0.1) is 0 Å². The number of fused-ring (bicyclic) bond motifs is 1. The summed E-state index contributed by atoms with van der Waals surface area (Å²) in [6, 6.07) is 9.21. The van der Waals surface area contributed by atoms with E-state index in [-0.39, 0.29) is 32.0 Å². The third-order valence-corrected chi connectivity index (χ3v) is 6.43. The van der Waals surface area contributed by atoms with Crippen LogP contribution in [0.1, 0.15) is 32.8 Å². The summed E-state index contributed by atoms with van der Waals surface area (Å²) in [5, 5.41) is 6.98. The number of primary amides is 1. The summed E-state index contributed by atoms with van der Waals surface area (Å²) in [5.41, 5.74) is 5.04. The van der Waals surface area contributed by atoms with Gasteiger partial charge in [0.15, 0.2) is 5.69 Å². The van der Waals surface area contributed by atoms with Crippen LogP contribution in [0.3, 0.4) is 0 Å². The number of thiophene rings is 1. The number of rotatable bonds is 5. The summed E-state index contributed by atoms with van der Waals surface area (Å²) in [4.78, 5) is 28.7. The Morgan fingerprint density at radius 3 is 2.52 bits per heavy atom. The third kappa shape index (κ3) is 4.35. The highest BCUT2D eigenvalue weighted by atomic mass is 79.9. The van der Waals surface area contributed by atoms with Crippen LogP contribution in [-0.2, 0) is 12.7 Å². The Labute approximate surface area is 197 Å². The molecule has 0 aliphatic heterocycles. The molecule has 0 aliphatic rings. The number of aryl methyl sites for hydroxylation is 1. The first-order chi connectivity index (χ1) is 15.6. The van der Waals surface area contributed by atoms with Crippen molar-refractivity contribution in [2.75, 3.05) is 5.32 Å². The SMILES string of the molecule is CCn1cc(Br)c(C(=O)Nc2c(C(N)=O)sc3nc(C(F)(F)F)cc(-c4ccccc4)c23)n1. The van der Waals surface area contributed by atoms with Gasteiger partial charge >= 0.3 is 6.18 Å². The molecule has 0 bridgehead atoms. The van der Waals surface area contributed by atoms with Gasteiger partial charge in [-0.2, -0.15) is 18.3 Å². The Balaban J connectivity index is 1.96. The number of nitrogens with zero attached hydrogens (tertiary/aromatic N) is 3. The molecule has 0 spiro atoms. The van der Waals surface area contributed by atoms with Crippen molar-refractivity contribution in [3.8, 4) is 11.1 Å². The fourth-order valence-electron chi connectivity index (χ4n) is 3.27. The maximum Gasteiger partial charge on any atom is 0.433 e. The van der Waals surface area contributed by atoms with Gasteiger partial charge in [0, 0.05) is 18.1 Å². The average Bonchev–Trinajstić information content (AvgIpc) is 3.33. The topological polar surface area (TPSA) is 103 Å². The minimum atomic E-state index is -4.71. The van der Waals surface area contributed by atoms with Crippen molar-refractivity contribution in [3.05, 3.63) is 63.3 Å². The lowest BCUT2D eigenvalue weighted by molar-refractivity contribution is -0.140. The summed E-state index contributed by atoms with van der Waals surface area (Å²) in [7, 11) is 0. The number of pyridine rings is 1. The normalized spacial score (nSPS) is 11.7. The molecule has 3 heterocycles. The van der Waals surface area contributed by atoms with Crippen molar-refractivity contribution in [1.29, 1.82) is 0 Å². The van der Waals surface area contributed by atoms with Crippen molar-refractivity contribution >= 4 is 55.0 Å². The summed E-state index contributed by atoms with van der Waals surface area (Å²) < 4.78 is 42.6. The number of carbonyl (C=O) groups excluding carboxylic acids is 2. The largest absolute Gasteiger partial charge is 0.433 e. The second-order valence-corrected chi connectivity index (χ2v) is 8.76. The quantitative estimate of drug-likeness (QED) is 0.360. The van der Waals surface area contributed by atoms with Gasteiger partial charge < -0.3 is 11.1 Å². The number of nitrogens with one attached hydrogen (secondary N) is 1. The number of benzene rings is 1. The summed E-state index contributed by atoms with van der Waals surface area (Å²) in [6.07, 6.45) is -3.10. The lowest BCUT2D eigenvalue weighted by Gasteiger charge is -2.12. The van der Waals surface area contributed by atoms with Gasteiger partial charge in [-0.3, -0.25) is 14.3 Å². The Bertz CT molecular complexity index is 1380. The van der Waals surface area contributed by atoms with Crippen LogP contribution >= 0.6 is 27.3 Å².